The summed E-state index contributed by atoms with van der Waals surface area (Å²) in [5.74, 6) is 1.57. The molecule has 0 spiro atoms. The van der Waals surface area contributed by atoms with Crippen molar-refractivity contribution in [2.75, 3.05) is 12.4 Å². The number of carbonyl (C=O) groups is 1. The van der Waals surface area contributed by atoms with E-state index >= 15 is 0 Å². The van der Waals surface area contributed by atoms with Gasteiger partial charge in [0.15, 0.2) is 11.5 Å². The van der Waals surface area contributed by atoms with Crippen LogP contribution < -0.4 is 19.5 Å². The number of methoxy groups -OCH3 is 1. The summed E-state index contributed by atoms with van der Waals surface area (Å²) >= 11 is 1.51. The van der Waals surface area contributed by atoms with Gasteiger partial charge >= 0.3 is 0 Å². The van der Waals surface area contributed by atoms with Gasteiger partial charge in [0.1, 0.15) is 12.4 Å². The van der Waals surface area contributed by atoms with E-state index < -0.39 is 0 Å². The van der Waals surface area contributed by atoms with Crippen LogP contribution in [0.5, 0.6) is 17.2 Å². The van der Waals surface area contributed by atoms with Crippen LogP contribution in [0.3, 0.4) is 0 Å². The summed E-state index contributed by atoms with van der Waals surface area (Å²) in [6, 6.07) is 12.3. The van der Waals surface area contributed by atoms with Gasteiger partial charge in [0, 0.05) is 16.6 Å². The van der Waals surface area contributed by atoms with Crippen molar-refractivity contribution in [1.29, 1.82) is 0 Å². The van der Waals surface area contributed by atoms with Crippen LogP contribution in [-0.2, 0) is 6.61 Å². The fourth-order valence-electron chi connectivity index (χ4n) is 2.48. The molecule has 1 N–H and O–H groups in total. The maximum atomic E-state index is 12.6. The number of amides is 1. The normalized spacial score (nSPS) is 10.6. The molecule has 1 heterocycles. The molecule has 146 valence electrons. The Morgan fingerprint density at radius 1 is 1.14 bits per heavy atom. The lowest BCUT2D eigenvalue weighted by atomic mass is 10.1. The van der Waals surface area contributed by atoms with Crippen LogP contribution in [0.2, 0.25) is 0 Å². The Balaban J connectivity index is 1.66. The lowest BCUT2D eigenvalue weighted by Crippen LogP contribution is -2.12. The van der Waals surface area contributed by atoms with E-state index in [0.717, 1.165) is 11.4 Å². The van der Waals surface area contributed by atoms with Gasteiger partial charge in [-0.25, -0.2) is 4.98 Å². The van der Waals surface area contributed by atoms with Gasteiger partial charge in [0.2, 0.25) is 0 Å². The van der Waals surface area contributed by atoms with Crippen molar-refractivity contribution in [2.45, 2.75) is 26.6 Å². The molecule has 6 nitrogen and oxygen atoms in total. The van der Waals surface area contributed by atoms with Crippen molar-refractivity contribution in [2.24, 2.45) is 0 Å². The third-order valence-corrected chi connectivity index (χ3v) is 4.40. The number of hydrogen-bond acceptors (Lipinski definition) is 6. The second kappa shape index (κ2) is 9.23. The molecular formula is C21H22N2O4S. The molecule has 3 aromatic rings. The molecule has 0 aliphatic rings. The van der Waals surface area contributed by atoms with Crippen molar-refractivity contribution >= 4 is 22.9 Å². The van der Waals surface area contributed by atoms with Crippen LogP contribution >= 0.6 is 11.3 Å². The molecule has 3 rings (SSSR count). The van der Waals surface area contributed by atoms with Gasteiger partial charge < -0.3 is 19.5 Å². The van der Waals surface area contributed by atoms with E-state index in [1.54, 1.807) is 43.0 Å². The molecule has 0 radical (unpaired) electrons. The van der Waals surface area contributed by atoms with Gasteiger partial charge in [0.25, 0.3) is 5.91 Å². The first kappa shape index (κ1) is 19.7. The number of nitrogens with zero attached hydrogens (tertiary/aromatic N) is 1. The fraction of sp³-hybridized carbons (Fsp3) is 0.238. The van der Waals surface area contributed by atoms with Gasteiger partial charge in [-0.1, -0.05) is 0 Å². The highest BCUT2D eigenvalue weighted by Gasteiger charge is 2.12. The largest absolute Gasteiger partial charge is 0.493 e. The molecule has 1 aromatic heterocycles. The van der Waals surface area contributed by atoms with E-state index in [0.29, 0.717) is 29.4 Å². The molecule has 0 aliphatic heterocycles. The number of benzene rings is 2. The molecule has 0 aliphatic carbocycles. The number of anilines is 1. The van der Waals surface area contributed by atoms with E-state index in [1.165, 1.54) is 11.3 Å². The second-order valence-electron chi connectivity index (χ2n) is 6.28. The molecular weight excluding hydrogens is 376 g/mol. The highest BCUT2D eigenvalue weighted by atomic mass is 32.1. The highest BCUT2D eigenvalue weighted by molar-refractivity contribution is 7.07. The third-order valence-electron chi connectivity index (χ3n) is 3.77. The summed E-state index contributed by atoms with van der Waals surface area (Å²) in [5.41, 5.74) is 3.76. The minimum Gasteiger partial charge on any atom is -0.493 e. The molecule has 0 fully saturated rings. The van der Waals surface area contributed by atoms with E-state index in [2.05, 4.69) is 10.3 Å². The zero-order chi connectivity index (χ0) is 19.9. The Bertz CT molecular complexity index is 909. The van der Waals surface area contributed by atoms with Crippen molar-refractivity contribution in [1.82, 2.24) is 4.98 Å². The van der Waals surface area contributed by atoms with Crippen molar-refractivity contribution < 1.29 is 19.0 Å². The Labute approximate surface area is 168 Å². The minimum absolute atomic E-state index is 0.101. The summed E-state index contributed by atoms with van der Waals surface area (Å²) in [5, 5.41) is 4.79. The number of carbonyl (C=O) groups excluding carboxylic acids is 1. The molecule has 2 aromatic carbocycles. The third kappa shape index (κ3) is 5.23. The zero-order valence-corrected chi connectivity index (χ0v) is 16.8. The average molecular weight is 398 g/mol. The molecule has 0 atom stereocenters. The van der Waals surface area contributed by atoms with Crippen molar-refractivity contribution in [3.8, 4) is 17.2 Å². The van der Waals surface area contributed by atoms with Crippen LogP contribution in [0.25, 0.3) is 0 Å². The lowest BCUT2D eigenvalue weighted by molar-refractivity contribution is 0.102. The van der Waals surface area contributed by atoms with Gasteiger partial charge in [0.05, 0.1) is 24.4 Å². The van der Waals surface area contributed by atoms with Crippen LogP contribution in [0.15, 0.2) is 53.4 Å². The van der Waals surface area contributed by atoms with Gasteiger partial charge in [-0.05, 0) is 56.3 Å². The number of ether oxygens (including phenoxy) is 3. The molecule has 7 heteroatoms. The quantitative estimate of drug-likeness (QED) is 0.592. The average Bonchev–Trinajstić information content (AvgIpc) is 3.21. The number of nitrogens with one attached hydrogen (secondary N) is 1. The zero-order valence-electron chi connectivity index (χ0n) is 16.0. The van der Waals surface area contributed by atoms with Crippen LogP contribution in [0.4, 0.5) is 5.69 Å². The molecule has 0 saturated carbocycles. The molecule has 28 heavy (non-hydrogen) atoms. The number of aromatic nitrogens is 1. The maximum absolute atomic E-state index is 12.6. The van der Waals surface area contributed by atoms with E-state index in [-0.39, 0.29) is 12.0 Å². The smallest absolute Gasteiger partial charge is 0.255 e. The molecule has 1 amide bonds. The first-order valence-corrected chi connectivity index (χ1v) is 9.75. The second-order valence-corrected chi connectivity index (χ2v) is 7.00. The highest BCUT2D eigenvalue weighted by Crippen LogP contribution is 2.29. The topological polar surface area (TPSA) is 69.7 Å². The predicted octanol–water partition coefficient (Wildman–Crippen LogP) is 4.77. The summed E-state index contributed by atoms with van der Waals surface area (Å²) in [6.07, 6.45) is 0.101. The minimum atomic E-state index is -0.234. The molecule has 0 saturated heterocycles. The Kier molecular flexibility index (Phi) is 6.49. The van der Waals surface area contributed by atoms with E-state index in [1.807, 2.05) is 31.4 Å². The first-order valence-electron chi connectivity index (χ1n) is 8.81. The maximum Gasteiger partial charge on any atom is 0.255 e. The summed E-state index contributed by atoms with van der Waals surface area (Å²) in [7, 11) is 1.54. The first-order chi connectivity index (χ1) is 13.5. The SMILES string of the molecule is COc1cc(C(=O)Nc2ccc(OC(C)C)cc2)ccc1OCc1cscn1. The van der Waals surface area contributed by atoms with Crippen LogP contribution in [0, 0.1) is 0 Å². The standard InChI is InChI=1S/C21H22N2O4S/c1-14(2)27-18-7-5-16(6-8-18)23-21(24)15-4-9-19(20(10-15)25-3)26-11-17-12-28-13-22-17/h4-10,12-14H,11H2,1-3H3,(H,23,24). The predicted molar refractivity (Wildman–Crippen MR) is 110 cm³/mol. The lowest BCUT2D eigenvalue weighted by Gasteiger charge is -2.12. The number of rotatable bonds is 8. The van der Waals surface area contributed by atoms with Crippen LogP contribution in [0.1, 0.15) is 29.9 Å². The summed E-state index contributed by atoms with van der Waals surface area (Å²) in [6.45, 7) is 4.27. The number of hydrogen-bond donors (Lipinski definition) is 1. The number of thiazole rings is 1. The van der Waals surface area contributed by atoms with Crippen LogP contribution in [-0.4, -0.2) is 24.1 Å². The Morgan fingerprint density at radius 2 is 1.93 bits per heavy atom. The van der Waals surface area contributed by atoms with Crippen molar-refractivity contribution in [3.05, 3.63) is 64.6 Å². The summed E-state index contributed by atoms with van der Waals surface area (Å²) in [4.78, 5) is 16.7. The monoisotopic (exact) mass is 398 g/mol. The van der Waals surface area contributed by atoms with E-state index in [9.17, 15) is 4.79 Å². The molecule has 0 unspecified atom stereocenters. The van der Waals surface area contributed by atoms with Gasteiger partial charge in [-0.15, -0.1) is 11.3 Å². The van der Waals surface area contributed by atoms with Crippen molar-refractivity contribution in [3.63, 3.8) is 0 Å². The fourth-order valence-corrected chi connectivity index (χ4v) is 3.02. The van der Waals surface area contributed by atoms with Gasteiger partial charge in [-0.2, -0.15) is 0 Å². The van der Waals surface area contributed by atoms with Gasteiger partial charge in [-0.3, -0.25) is 4.79 Å². The Morgan fingerprint density at radius 3 is 2.57 bits per heavy atom. The summed E-state index contributed by atoms with van der Waals surface area (Å²) < 4.78 is 16.7. The Hall–Kier alpha value is -3.06. The molecule has 0 bridgehead atoms. The van der Waals surface area contributed by atoms with E-state index in [4.69, 9.17) is 14.2 Å².